The molecule has 2 aromatic rings. The maximum atomic E-state index is 11.9. The van der Waals surface area contributed by atoms with Gasteiger partial charge in [0.1, 0.15) is 5.82 Å². The lowest BCUT2D eigenvalue weighted by Gasteiger charge is -2.03. The first kappa shape index (κ1) is 10.7. The van der Waals surface area contributed by atoms with Gasteiger partial charge in [0.15, 0.2) is 11.2 Å². The molecule has 86 valence electrons. The van der Waals surface area contributed by atoms with E-state index < -0.39 is 0 Å². The van der Waals surface area contributed by atoms with Crippen LogP contribution in [0.4, 0.5) is 0 Å². The fraction of sp³-hybridized carbons (Fsp3) is 0.500. The number of aryl methyl sites for hydroxylation is 3. The van der Waals surface area contributed by atoms with Gasteiger partial charge in [-0.3, -0.25) is 13.9 Å². The smallest absolute Gasteiger partial charge is 0.325 e. The zero-order chi connectivity index (χ0) is 12.0. The summed E-state index contributed by atoms with van der Waals surface area (Å²) in [5.74, 6) is 0.799. The lowest BCUT2D eigenvalue weighted by Crippen LogP contribution is -2.37. The van der Waals surface area contributed by atoms with E-state index in [1.165, 1.54) is 11.6 Å². The first-order valence-electron chi connectivity index (χ1n) is 5.10. The van der Waals surface area contributed by atoms with Gasteiger partial charge < -0.3 is 4.57 Å². The molecule has 0 bridgehead atoms. The number of aromatic nitrogens is 4. The second kappa shape index (κ2) is 3.33. The van der Waals surface area contributed by atoms with E-state index >= 15 is 0 Å². The predicted molar refractivity (Wildman–Crippen MR) is 60.6 cm³/mol. The Morgan fingerprint density at radius 1 is 1.06 bits per heavy atom. The highest BCUT2D eigenvalue weighted by atomic mass is 16.2. The van der Waals surface area contributed by atoms with Gasteiger partial charge in [-0.1, -0.05) is 6.92 Å². The van der Waals surface area contributed by atoms with E-state index in [1.807, 2.05) is 6.92 Å². The third kappa shape index (κ3) is 1.16. The average molecular weight is 222 g/mol. The minimum atomic E-state index is -0.349. The summed E-state index contributed by atoms with van der Waals surface area (Å²) >= 11 is 0. The van der Waals surface area contributed by atoms with Gasteiger partial charge in [0.05, 0.1) is 0 Å². The summed E-state index contributed by atoms with van der Waals surface area (Å²) in [6.07, 6.45) is 0.725. The van der Waals surface area contributed by atoms with Crippen LogP contribution in [0.15, 0.2) is 9.59 Å². The van der Waals surface area contributed by atoms with Crippen molar-refractivity contribution in [3.8, 4) is 0 Å². The number of hydrogen-bond donors (Lipinski definition) is 0. The molecule has 0 saturated heterocycles. The van der Waals surface area contributed by atoms with Crippen molar-refractivity contribution in [2.45, 2.75) is 13.3 Å². The van der Waals surface area contributed by atoms with Crippen molar-refractivity contribution in [1.29, 1.82) is 0 Å². The Morgan fingerprint density at radius 2 is 1.69 bits per heavy atom. The van der Waals surface area contributed by atoms with Crippen LogP contribution >= 0.6 is 0 Å². The summed E-state index contributed by atoms with van der Waals surface area (Å²) in [5.41, 5.74) is 0.278. The minimum Gasteiger partial charge on any atom is -0.325 e. The Labute approximate surface area is 91.8 Å². The van der Waals surface area contributed by atoms with Crippen molar-refractivity contribution in [2.24, 2.45) is 21.1 Å². The van der Waals surface area contributed by atoms with Gasteiger partial charge in [-0.25, -0.2) is 9.78 Å². The molecule has 0 N–H and O–H groups in total. The quantitative estimate of drug-likeness (QED) is 0.655. The Kier molecular flexibility index (Phi) is 2.22. The summed E-state index contributed by atoms with van der Waals surface area (Å²) in [6.45, 7) is 1.96. The Morgan fingerprint density at radius 3 is 2.25 bits per heavy atom. The second-order valence-corrected chi connectivity index (χ2v) is 3.82. The summed E-state index contributed by atoms with van der Waals surface area (Å²) in [6, 6.07) is 0. The zero-order valence-corrected chi connectivity index (χ0v) is 9.81. The summed E-state index contributed by atoms with van der Waals surface area (Å²) in [4.78, 5) is 27.9. The summed E-state index contributed by atoms with van der Waals surface area (Å²) in [5, 5.41) is 0. The minimum absolute atomic E-state index is 0.298. The molecule has 0 spiro atoms. The van der Waals surface area contributed by atoms with E-state index in [9.17, 15) is 9.59 Å². The number of hydrogen-bond acceptors (Lipinski definition) is 3. The fourth-order valence-corrected chi connectivity index (χ4v) is 1.88. The van der Waals surface area contributed by atoms with Crippen LogP contribution in [0.25, 0.3) is 11.2 Å². The lowest BCUT2D eigenvalue weighted by atomic mass is 10.4. The van der Waals surface area contributed by atoms with Gasteiger partial charge >= 0.3 is 5.69 Å². The van der Waals surface area contributed by atoms with Crippen LogP contribution in [0.3, 0.4) is 0 Å². The second-order valence-electron chi connectivity index (χ2n) is 3.82. The largest absolute Gasteiger partial charge is 0.332 e. The number of imidazole rings is 1. The molecular weight excluding hydrogens is 208 g/mol. The van der Waals surface area contributed by atoms with Crippen LogP contribution in [0.1, 0.15) is 12.7 Å². The van der Waals surface area contributed by atoms with E-state index in [2.05, 4.69) is 4.98 Å². The Balaban J connectivity index is 3.13. The monoisotopic (exact) mass is 222 g/mol. The zero-order valence-electron chi connectivity index (χ0n) is 9.81. The van der Waals surface area contributed by atoms with Crippen LogP contribution < -0.4 is 11.2 Å². The molecule has 16 heavy (non-hydrogen) atoms. The van der Waals surface area contributed by atoms with Crippen molar-refractivity contribution < 1.29 is 0 Å². The fourth-order valence-electron chi connectivity index (χ4n) is 1.88. The van der Waals surface area contributed by atoms with Gasteiger partial charge in [-0.05, 0) is 0 Å². The van der Waals surface area contributed by atoms with E-state index in [0.29, 0.717) is 11.2 Å². The third-order valence-corrected chi connectivity index (χ3v) is 2.88. The molecular formula is C10H14N4O2. The van der Waals surface area contributed by atoms with Crippen molar-refractivity contribution in [2.75, 3.05) is 0 Å². The Hall–Kier alpha value is -1.85. The van der Waals surface area contributed by atoms with E-state index in [0.717, 1.165) is 16.8 Å². The molecule has 0 aliphatic heterocycles. The maximum absolute atomic E-state index is 11.9. The average Bonchev–Trinajstić information content (AvgIpc) is 2.61. The molecule has 0 atom stereocenters. The highest BCUT2D eigenvalue weighted by Crippen LogP contribution is 2.08. The van der Waals surface area contributed by atoms with Gasteiger partial charge in [0, 0.05) is 27.6 Å². The highest BCUT2D eigenvalue weighted by Gasteiger charge is 2.15. The molecule has 2 aromatic heterocycles. The molecule has 0 amide bonds. The van der Waals surface area contributed by atoms with Gasteiger partial charge in [0.25, 0.3) is 5.56 Å². The van der Waals surface area contributed by atoms with Crippen molar-refractivity contribution in [3.05, 3.63) is 26.7 Å². The van der Waals surface area contributed by atoms with Crippen molar-refractivity contribution in [3.63, 3.8) is 0 Å². The molecule has 6 nitrogen and oxygen atoms in total. The van der Waals surface area contributed by atoms with E-state index in [1.54, 1.807) is 18.7 Å². The van der Waals surface area contributed by atoms with E-state index in [-0.39, 0.29) is 11.2 Å². The summed E-state index contributed by atoms with van der Waals surface area (Å²) in [7, 11) is 4.89. The van der Waals surface area contributed by atoms with Crippen LogP contribution in [-0.4, -0.2) is 18.7 Å². The van der Waals surface area contributed by atoms with Crippen LogP contribution in [0.5, 0.6) is 0 Å². The SMILES string of the molecule is CCc1nc2c(c(=O)n(C)c(=O)n2C)n1C. The molecule has 0 aliphatic carbocycles. The summed E-state index contributed by atoms with van der Waals surface area (Å²) < 4.78 is 4.25. The van der Waals surface area contributed by atoms with E-state index in [4.69, 9.17) is 0 Å². The van der Waals surface area contributed by atoms with Crippen LogP contribution in [-0.2, 0) is 27.6 Å². The maximum Gasteiger partial charge on any atom is 0.332 e. The van der Waals surface area contributed by atoms with Crippen molar-refractivity contribution in [1.82, 2.24) is 18.7 Å². The standard InChI is InChI=1S/C10H14N4O2/c1-5-6-11-8-7(12(6)2)9(15)14(4)10(16)13(8)3/h5H2,1-4H3. The predicted octanol–water partition coefficient (Wildman–Crippen LogP) is -0.467. The first-order chi connectivity index (χ1) is 7.49. The molecule has 0 saturated carbocycles. The number of fused-ring (bicyclic) bond motifs is 1. The Bertz CT molecular complexity index is 675. The van der Waals surface area contributed by atoms with Crippen LogP contribution in [0.2, 0.25) is 0 Å². The topological polar surface area (TPSA) is 61.8 Å². The van der Waals surface area contributed by atoms with Crippen molar-refractivity contribution >= 4 is 11.2 Å². The number of nitrogens with zero attached hydrogens (tertiary/aromatic N) is 4. The normalized spacial score (nSPS) is 11.2. The molecule has 2 rings (SSSR count). The third-order valence-electron chi connectivity index (χ3n) is 2.88. The molecule has 2 heterocycles. The molecule has 0 aromatic carbocycles. The molecule has 0 fully saturated rings. The molecule has 0 unspecified atom stereocenters. The molecule has 6 heteroatoms. The lowest BCUT2D eigenvalue weighted by molar-refractivity contribution is 0.705. The van der Waals surface area contributed by atoms with Crippen LogP contribution in [0, 0.1) is 0 Å². The number of rotatable bonds is 1. The van der Waals surface area contributed by atoms with Gasteiger partial charge in [-0.15, -0.1) is 0 Å². The molecule has 0 radical (unpaired) electrons. The first-order valence-corrected chi connectivity index (χ1v) is 5.10. The highest BCUT2D eigenvalue weighted by molar-refractivity contribution is 5.70. The molecule has 0 aliphatic rings. The van der Waals surface area contributed by atoms with Gasteiger partial charge in [0.2, 0.25) is 0 Å². The van der Waals surface area contributed by atoms with Gasteiger partial charge in [-0.2, -0.15) is 0 Å².